The van der Waals surface area contributed by atoms with E-state index in [1.165, 1.54) is 0 Å². The van der Waals surface area contributed by atoms with Gasteiger partial charge in [-0.1, -0.05) is 22.8 Å². The SMILES string of the molecule is COc1ccc(-c2noc(C)c2C(=O)/N=C(/N)NCc2cc(Cl)cc(CC(NC(=O)O)C3CCCO3)c2)cc1. The Bertz CT molecular complexity index is 1350. The molecule has 39 heavy (non-hydrogen) atoms. The fourth-order valence-corrected chi connectivity index (χ4v) is 4.79. The van der Waals surface area contributed by atoms with Gasteiger partial charge in [-0.3, -0.25) is 4.79 Å². The molecule has 4 rings (SSSR count). The highest BCUT2D eigenvalue weighted by molar-refractivity contribution is 6.30. The Labute approximate surface area is 230 Å². The Hall–Kier alpha value is -4.09. The number of ether oxygens (including phenoxy) is 2. The van der Waals surface area contributed by atoms with Gasteiger partial charge in [-0.2, -0.15) is 4.99 Å². The van der Waals surface area contributed by atoms with E-state index in [4.69, 9.17) is 31.3 Å². The summed E-state index contributed by atoms with van der Waals surface area (Å²) in [7, 11) is 1.57. The molecule has 11 nitrogen and oxygen atoms in total. The van der Waals surface area contributed by atoms with Crippen LogP contribution in [0.2, 0.25) is 5.02 Å². The van der Waals surface area contributed by atoms with Crippen molar-refractivity contribution in [2.75, 3.05) is 13.7 Å². The third kappa shape index (κ3) is 7.27. The molecular formula is C27H30ClN5O6. The molecular weight excluding hydrogens is 526 g/mol. The van der Waals surface area contributed by atoms with E-state index < -0.39 is 18.0 Å². The lowest BCUT2D eigenvalue weighted by molar-refractivity contribution is 0.0769. The van der Waals surface area contributed by atoms with Crippen LogP contribution in [0.5, 0.6) is 5.75 Å². The minimum atomic E-state index is -1.11. The van der Waals surface area contributed by atoms with Crippen LogP contribution in [0.15, 0.2) is 52.0 Å². The first kappa shape index (κ1) is 27.9. The molecule has 5 N–H and O–H groups in total. The second-order valence-corrected chi connectivity index (χ2v) is 9.56. The predicted molar refractivity (Wildman–Crippen MR) is 145 cm³/mol. The van der Waals surface area contributed by atoms with E-state index in [-0.39, 0.29) is 24.2 Å². The Morgan fingerprint density at radius 2 is 2.00 bits per heavy atom. The van der Waals surface area contributed by atoms with E-state index >= 15 is 0 Å². The minimum Gasteiger partial charge on any atom is -0.497 e. The third-order valence-corrected chi connectivity index (χ3v) is 6.55. The Kier molecular flexibility index (Phi) is 9.05. The fraction of sp³-hybridized carbons (Fsp3) is 0.333. The van der Waals surface area contributed by atoms with Gasteiger partial charge in [-0.05, 0) is 73.7 Å². The molecule has 2 unspecified atom stereocenters. The lowest BCUT2D eigenvalue weighted by Crippen LogP contribution is -2.44. The summed E-state index contributed by atoms with van der Waals surface area (Å²) in [5.41, 5.74) is 8.88. The van der Waals surface area contributed by atoms with E-state index in [0.29, 0.717) is 40.8 Å². The van der Waals surface area contributed by atoms with Crippen molar-refractivity contribution in [1.29, 1.82) is 0 Å². The van der Waals surface area contributed by atoms with Crippen LogP contribution in [-0.4, -0.2) is 54.1 Å². The molecule has 3 aromatic rings. The maximum atomic E-state index is 13.0. The van der Waals surface area contributed by atoms with Crippen LogP contribution in [0.3, 0.4) is 0 Å². The standard InChI is InChI=1S/C27H30ClN5O6/c1-15-23(24(33-39-15)18-5-7-20(37-2)8-6-18)25(34)32-26(29)30-14-17-10-16(11-19(28)12-17)13-21(31-27(35)36)22-4-3-9-38-22/h5-8,10-12,21-22,31H,3-4,9,13-14H2,1-2H3,(H,35,36)(H3,29,30,32,34). The number of methoxy groups -OCH3 is 1. The van der Waals surface area contributed by atoms with Gasteiger partial charge in [0.15, 0.2) is 5.96 Å². The van der Waals surface area contributed by atoms with Crippen molar-refractivity contribution < 1.29 is 28.7 Å². The lowest BCUT2D eigenvalue weighted by atomic mass is 9.98. The molecule has 0 bridgehead atoms. The van der Waals surface area contributed by atoms with Crippen molar-refractivity contribution in [3.05, 3.63) is 69.9 Å². The number of nitrogens with one attached hydrogen (secondary N) is 2. The molecule has 0 radical (unpaired) electrons. The van der Waals surface area contributed by atoms with Gasteiger partial charge in [-0.25, -0.2) is 4.79 Å². The Morgan fingerprint density at radius 1 is 1.26 bits per heavy atom. The minimum absolute atomic E-state index is 0.0902. The normalized spacial score (nSPS) is 16.1. The Morgan fingerprint density at radius 3 is 2.67 bits per heavy atom. The molecule has 206 valence electrons. The van der Waals surface area contributed by atoms with E-state index in [2.05, 4.69) is 20.8 Å². The third-order valence-electron chi connectivity index (χ3n) is 6.33. The number of nitrogens with two attached hydrogens (primary N) is 1. The molecule has 0 spiro atoms. The number of aliphatic imine (C=N–C) groups is 1. The van der Waals surface area contributed by atoms with Crippen LogP contribution in [-0.2, 0) is 17.7 Å². The lowest BCUT2D eigenvalue weighted by Gasteiger charge is -2.23. The summed E-state index contributed by atoms with van der Waals surface area (Å²) in [6.45, 7) is 2.48. The number of hydrogen-bond donors (Lipinski definition) is 4. The summed E-state index contributed by atoms with van der Waals surface area (Å²) in [5.74, 6) is 0.295. The highest BCUT2D eigenvalue weighted by Gasteiger charge is 2.28. The number of amides is 2. The fourth-order valence-electron chi connectivity index (χ4n) is 4.51. The van der Waals surface area contributed by atoms with Crippen LogP contribution in [0.1, 0.15) is 40.1 Å². The Balaban J connectivity index is 1.44. The van der Waals surface area contributed by atoms with Gasteiger partial charge in [0.25, 0.3) is 5.91 Å². The molecule has 1 aliphatic rings. The number of benzene rings is 2. The molecule has 1 aromatic heterocycles. The number of carbonyl (C=O) groups excluding carboxylic acids is 1. The van der Waals surface area contributed by atoms with E-state index in [0.717, 1.165) is 24.0 Å². The molecule has 0 aliphatic carbocycles. The van der Waals surface area contributed by atoms with E-state index in [1.807, 2.05) is 6.07 Å². The second kappa shape index (κ2) is 12.6. The van der Waals surface area contributed by atoms with Crippen LogP contribution < -0.4 is 21.1 Å². The van der Waals surface area contributed by atoms with Crippen molar-refractivity contribution >= 4 is 29.6 Å². The highest BCUT2D eigenvalue weighted by Crippen LogP contribution is 2.27. The molecule has 2 amide bonds. The number of carboxylic acid groups (broad SMARTS) is 1. The molecule has 2 heterocycles. The molecule has 1 saturated heterocycles. The molecule has 1 aliphatic heterocycles. The highest BCUT2D eigenvalue weighted by atomic mass is 35.5. The van der Waals surface area contributed by atoms with Crippen molar-refractivity contribution in [3.63, 3.8) is 0 Å². The topological polar surface area (TPSA) is 161 Å². The second-order valence-electron chi connectivity index (χ2n) is 9.13. The summed E-state index contributed by atoms with van der Waals surface area (Å²) in [5, 5.41) is 19.3. The number of aryl methyl sites for hydroxylation is 1. The number of carbonyl (C=O) groups is 2. The van der Waals surface area contributed by atoms with Crippen LogP contribution in [0.25, 0.3) is 11.3 Å². The van der Waals surface area contributed by atoms with Crippen molar-refractivity contribution in [3.8, 4) is 17.0 Å². The number of nitrogens with zero attached hydrogens (tertiary/aromatic N) is 2. The zero-order chi connectivity index (χ0) is 27.9. The monoisotopic (exact) mass is 555 g/mol. The molecule has 2 atom stereocenters. The first-order valence-corrected chi connectivity index (χ1v) is 12.7. The van der Waals surface area contributed by atoms with E-state index in [9.17, 15) is 14.7 Å². The first-order chi connectivity index (χ1) is 18.7. The van der Waals surface area contributed by atoms with Gasteiger partial charge < -0.3 is 35.5 Å². The summed E-state index contributed by atoms with van der Waals surface area (Å²) >= 11 is 6.34. The largest absolute Gasteiger partial charge is 0.497 e. The van der Waals surface area contributed by atoms with Crippen LogP contribution in [0, 0.1) is 6.92 Å². The van der Waals surface area contributed by atoms with Gasteiger partial charge in [0.1, 0.15) is 22.8 Å². The van der Waals surface area contributed by atoms with Gasteiger partial charge in [0, 0.05) is 23.7 Å². The van der Waals surface area contributed by atoms with Crippen molar-refractivity contribution in [1.82, 2.24) is 15.8 Å². The summed E-state index contributed by atoms with van der Waals surface area (Å²) in [6, 6.07) is 12.1. The average molecular weight is 556 g/mol. The number of hydrogen-bond acceptors (Lipinski definition) is 6. The van der Waals surface area contributed by atoms with E-state index in [1.54, 1.807) is 50.4 Å². The maximum Gasteiger partial charge on any atom is 0.404 e. The van der Waals surface area contributed by atoms with Crippen molar-refractivity contribution in [2.24, 2.45) is 10.7 Å². The quantitative estimate of drug-likeness (QED) is 0.226. The molecule has 1 fully saturated rings. The van der Waals surface area contributed by atoms with Crippen LogP contribution >= 0.6 is 11.6 Å². The number of aromatic nitrogens is 1. The molecule has 2 aromatic carbocycles. The summed E-state index contributed by atoms with van der Waals surface area (Å²) < 4.78 is 16.1. The van der Waals surface area contributed by atoms with Crippen LogP contribution in [0.4, 0.5) is 4.79 Å². The number of rotatable bonds is 9. The smallest absolute Gasteiger partial charge is 0.404 e. The predicted octanol–water partition coefficient (Wildman–Crippen LogP) is 3.91. The summed E-state index contributed by atoms with van der Waals surface area (Å²) in [6.07, 6.45) is 0.784. The van der Waals surface area contributed by atoms with Gasteiger partial charge >= 0.3 is 6.09 Å². The molecule has 0 saturated carbocycles. The number of guanidine groups is 1. The zero-order valence-corrected chi connectivity index (χ0v) is 22.3. The molecule has 12 heteroatoms. The number of halogens is 1. The summed E-state index contributed by atoms with van der Waals surface area (Å²) in [4.78, 5) is 28.3. The van der Waals surface area contributed by atoms with Crippen molar-refractivity contribution in [2.45, 2.75) is 44.9 Å². The first-order valence-electron chi connectivity index (χ1n) is 12.4. The maximum absolute atomic E-state index is 13.0. The van der Waals surface area contributed by atoms with Gasteiger partial charge in [0.05, 0.1) is 19.3 Å². The van der Waals surface area contributed by atoms with Gasteiger partial charge in [-0.15, -0.1) is 0 Å². The zero-order valence-electron chi connectivity index (χ0n) is 21.6. The average Bonchev–Trinajstić information content (AvgIpc) is 3.57. The van der Waals surface area contributed by atoms with Gasteiger partial charge in [0.2, 0.25) is 0 Å².